The number of piperidine rings is 2. The molecule has 0 aromatic heterocycles. The Morgan fingerprint density at radius 3 is 1.30 bits per heavy atom. The van der Waals surface area contributed by atoms with Gasteiger partial charge >= 0.3 is 0 Å². The van der Waals surface area contributed by atoms with Crippen LogP contribution in [0, 0.1) is 34.1 Å². The number of carbonyl (C=O) groups excluding carboxylic acids is 2. The van der Waals surface area contributed by atoms with Crippen LogP contribution in [0.1, 0.15) is 97.3 Å². The van der Waals surface area contributed by atoms with Gasteiger partial charge in [-0.2, -0.15) is 0 Å². The summed E-state index contributed by atoms with van der Waals surface area (Å²) in [7, 11) is 0. The van der Waals surface area contributed by atoms with Crippen LogP contribution >= 0.6 is 0 Å². The summed E-state index contributed by atoms with van der Waals surface area (Å²) in [5, 5.41) is 19.4. The minimum absolute atomic E-state index is 0. The van der Waals surface area contributed by atoms with Gasteiger partial charge in [0, 0.05) is 51.4 Å². The van der Waals surface area contributed by atoms with Gasteiger partial charge in [0.05, 0.1) is 34.4 Å². The number of aliphatic hydroxyl groups excluding tert-OH is 2. The Morgan fingerprint density at radius 2 is 0.925 bits per heavy atom. The molecule has 4 saturated heterocycles. The summed E-state index contributed by atoms with van der Waals surface area (Å²) < 4.78 is 55.7. The normalized spacial score (nSPS) is 31.9. The van der Waals surface area contributed by atoms with E-state index in [9.17, 15) is 37.4 Å². The first-order chi connectivity index (χ1) is 25.0. The van der Waals surface area contributed by atoms with Crippen LogP contribution in [-0.2, 0) is 9.59 Å². The summed E-state index contributed by atoms with van der Waals surface area (Å²) >= 11 is 0. The molecule has 8 nitrogen and oxygen atoms in total. The predicted molar refractivity (Wildman–Crippen MR) is 196 cm³/mol. The molecule has 292 valence electrons. The van der Waals surface area contributed by atoms with E-state index in [2.05, 4.69) is 0 Å². The second kappa shape index (κ2) is 16.2. The Kier molecular flexibility index (Phi) is 12.0. The van der Waals surface area contributed by atoms with Crippen molar-refractivity contribution >= 4 is 23.2 Å². The molecule has 8 rings (SSSR count). The van der Waals surface area contributed by atoms with E-state index in [4.69, 9.17) is 0 Å². The molecule has 6 fully saturated rings. The van der Waals surface area contributed by atoms with Crippen LogP contribution in [0.15, 0.2) is 36.4 Å². The van der Waals surface area contributed by atoms with E-state index in [1.165, 1.54) is 12.1 Å². The van der Waals surface area contributed by atoms with Crippen molar-refractivity contribution in [2.75, 3.05) is 49.1 Å². The number of likely N-dealkylation sites (tertiary alicyclic amines) is 2. The monoisotopic (exact) mass is 744 g/mol. The van der Waals surface area contributed by atoms with Gasteiger partial charge in [0.15, 0.2) is 23.3 Å². The van der Waals surface area contributed by atoms with Crippen molar-refractivity contribution in [2.45, 2.75) is 122 Å². The largest absolute Gasteiger partial charge is 0.393 e. The SMILES string of the molecule is C.O=C1N(C2CCC(O)CC2)CC[C@]12CCCN(c1cccc(F)c1F)C2.O=C1N(C2CCC(O)CC2)CC[C@]12CCCN(c1cccc(F)c1F)C2. The summed E-state index contributed by atoms with van der Waals surface area (Å²) in [4.78, 5) is 34.2. The van der Waals surface area contributed by atoms with Crippen molar-refractivity contribution < 1.29 is 37.4 Å². The van der Waals surface area contributed by atoms with Crippen molar-refractivity contribution in [3.05, 3.63) is 59.7 Å². The highest BCUT2D eigenvalue weighted by molar-refractivity contribution is 5.87. The lowest BCUT2D eigenvalue weighted by atomic mass is 9.78. The average molecular weight is 745 g/mol. The molecule has 6 aliphatic rings. The van der Waals surface area contributed by atoms with E-state index in [-0.39, 0.29) is 54.9 Å². The minimum atomic E-state index is -0.845. The molecule has 2 saturated carbocycles. The van der Waals surface area contributed by atoms with E-state index >= 15 is 0 Å². The van der Waals surface area contributed by atoms with Gasteiger partial charge in [-0.15, -0.1) is 0 Å². The van der Waals surface area contributed by atoms with Crippen molar-refractivity contribution in [3.63, 3.8) is 0 Å². The fraction of sp³-hybridized carbons (Fsp3) is 0.659. The maximum atomic E-state index is 14.2. The van der Waals surface area contributed by atoms with Gasteiger partial charge in [-0.25, -0.2) is 17.6 Å². The smallest absolute Gasteiger partial charge is 0.230 e. The number of carbonyl (C=O) groups is 2. The Bertz CT molecular complexity index is 1500. The van der Waals surface area contributed by atoms with Gasteiger partial charge in [-0.3, -0.25) is 9.59 Å². The molecule has 4 heterocycles. The number of halogens is 4. The highest BCUT2D eigenvalue weighted by Crippen LogP contribution is 2.45. The van der Waals surface area contributed by atoms with E-state index in [1.54, 1.807) is 12.1 Å². The van der Waals surface area contributed by atoms with Crippen LogP contribution in [0.5, 0.6) is 0 Å². The van der Waals surface area contributed by atoms with Crippen LogP contribution in [0.3, 0.4) is 0 Å². The highest BCUT2D eigenvalue weighted by atomic mass is 19.2. The quantitative estimate of drug-likeness (QED) is 0.335. The highest BCUT2D eigenvalue weighted by Gasteiger charge is 2.52. The van der Waals surface area contributed by atoms with Gasteiger partial charge in [-0.05, 0) is 114 Å². The molecule has 12 heteroatoms. The molecule has 2 aliphatic carbocycles. The number of hydrogen-bond donors (Lipinski definition) is 2. The zero-order valence-electron chi connectivity index (χ0n) is 29.9. The number of amides is 2. The Morgan fingerprint density at radius 1 is 0.547 bits per heavy atom. The third-order valence-corrected chi connectivity index (χ3v) is 13.0. The van der Waals surface area contributed by atoms with Crippen molar-refractivity contribution in [1.29, 1.82) is 0 Å². The van der Waals surface area contributed by atoms with E-state index in [1.807, 2.05) is 19.6 Å². The fourth-order valence-corrected chi connectivity index (χ4v) is 10.0. The lowest BCUT2D eigenvalue weighted by Crippen LogP contribution is -2.50. The standard InChI is InChI=1S/2C20H26F2N2O2.CH4/c2*21-16-3-1-4-17(18(16)22)23-11-2-9-20(13-23)10-12-24(19(20)26)14-5-7-15(25)8-6-14;/h2*1,3-4,14-15,25H,2,5-13H2;1H4/t2*14?,15?,20-;/m00./s1. The lowest BCUT2D eigenvalue weighted by molar-refractivity contribution is -0.140. The molecule has 0 unspecified atom stereocenters. The van der Waals surface area contributed by atoms with Gasteiger partial charge in [0.2, 0.25) is 11.8 Å². The molecule has 2 aromatic carbocycles. The average Bonchev–Trinajstić information content (AvgIpc) is 3.62. The first kappa shape index (κ1) is 39.3. The van der Waals surface area contributed by atoms with Gasteiger partial charge in [0.25, 0.3) is 0 Å². The summed E-state index contributed by atoms with van der Waals surface area (Å²) in [6, 6.07) is 8.90. The second-order valence-electron chi connectivity index (χ2n) is 16.2. The maximum Gasteiger partial charge on any atom is 0.230 e. The molecule has 0 radical (unpaired) electrons. The predicted octanol–water partition coefficient (Wildman–Crippen LogP) is 6.81. The molecule has 2 N–H and O–H groups in total. The topological polar surface area (TPSA) is 87.6 Å². The fourth-order valence-electron chi connectivity index (χ4n) is 10.0. The Balaban J connectivity index is 0.000000178. The number of aliphatic hydroxyl groups is 2. The number of rotatable bonds is 4. The van der Waals surface area contributed by atoms with Gasteiger partial charge in [0.1, 0.15) is 0 Å². The molecule has 2 atom stereocenters. The zero-order chi connectivity index (χ0) is 36.6. The molecule has 2 spiro atoms. The van der Waals surface area contributed by atoms with E-state index in [0.717, 1.165) is 115 Å². The Labute approximate surface area is 311 Å². The Hall–Kier alpha value is -3.38. The van der Waals surface area contributed by atoms with Crippen LogP contribution in [-0.4, -0.2) is 95.4 Å². The first-order valence-electron chi connectivity index (χ1n) is 19.4. The molecular formula is C41H56F4N4O4. The van der Waals surface area contributed by atoms with Gasteiger partial charge < -0.3 is 29.8 Å². The molecule has 0 bridgehead atoms. The molecule has 2 amide bonds. The van der Waals surface area contributed by atoms with Crippen LogP contribution in [0.2, 0.25) is 0 Å². The van der Waals surface area contributed by atoms with Crippen LogP contribution in [0.25, 0.3) is 0 Å². The zero-order valence-corrected chi connectivity index (χ0v) is 29.9. The number of nitrogens with zero attached hydrogens (tertiary/aromatic N) is 4. The third-order valence-electron chi connectivity index (χ3n) is 13.0. The summed E-state index contributed by atoms with van der Waals surface area (Å²) in [6.07, 6.45) is 10.7. The molecule has 53 heavy (non-hydrogen) atoms. The lowest BCUT2D eigenvalue weighted by Gasteiger charge is -2.41. The summed E-state index contributed by atoms with van der Waals surface area (Å²) in [5.74, 6) is -3.01. The van der Waals surface area contributed by atoms with Crippen molar-refractivity contribution in [3.8, 4) is 0 Å². The molecule has 2 aromatic rings. The number of hydrogen-bond acceptors (Lipinski definition) is 6. The second-order valence-corrected chi connectivity index (χ2v) is 16.2. The van der Waals surface area contributed by atoms with E-state index < -0.39 is 34.1 Å². The third kappa shape index (κ3) is 7.77. The summed E-state index contributed by atoms with van der Waals surface area (Å²) in [5.41, 5.74) is -0.438. The van der Waals surface area contributed by atoms with E-state index in [0.29, 0.717) is 26.2 Å². The number of benzene rings is 2. The molecule has 4 aliphatic heterocycles. The maximum absolute atomic E-state index is 14.2. The van der Waals surface area contributed by atoms with Crippen LogP contribution < -0.4 is 9.80 Å². The van der Waals surface area contributed by atoms with Crippen molar-refractivity contribution in [2.24, 2.45) is 10.8 Å². The van der Waals surface area contributed by atoms with Crippen molar-refractivity contribution in [1.82, 2.24) is 9.80 Å². The van der Waals surface area contributed by atoms with Gasteiger partial charge in [-0.1, -0.05) is 19.6 Å². The first-order valence-corrected chi connectivity index (χ1v) is 19.4. The minimum Gasteiger partial charge on any atom is -0.393 e. The molecular weight excluding hydrogens is 688 g/mol. The summed E-state index contributed by atoms with van der Waals surface area (Å²) in [6.45, 7) is 3.67. The number of anilines is 2. The van der Waals surface area contributed by atoms with Crippen LogP contribution in [0.4, 0.5) is 28.9 Å².